The summed E-state index contributed by atoms with van der Waals surface area (Å²) in [7, 11) is 0. The van der Waals surface area contributed by atoms with Crippen molar-refractivity contribution >= 4 is 33.1 Å². The number of fused-ring (bicyclic) bond motifs is 2. The first kappa shape index (κ1) is 12.1. The Kier molecular flexibility index (Phi) is 2.71. The van der Waals surface area contributed by atoms with Crippen LogP contribution in [0, 0.1) is 0 Å². The van der Waals surface area contributed by atoms with E-state index in [1.165, 1.54) is 0 Å². The molecule has 104 valence electrons. The average molecular weight is 297 g/mol. The van der Waals surface area contributed by atoms with Gasteiger partial charge in [0.1, 0.15) is 0 Å². The third-order valence-corrected chi connectivity index (χ3v) is 4.07. The van der Waals surface area contributed by atoms with Crippen molar-refractivity contribution < 1.29 is 4.79 Å². The molecule has 0 spiro atoms. The molecule has 4 rings (SSSR count). The fraction of sp³-hybridized carbons (Fsp3) is 0.0714. The number of thiazole rings is 1. The van der Waals surface area contributed by atoms with Gasteiger partial charge in [-0.05, 0) is 6.07 Å². The van der Waals surface area contributed by atoms with Gasteiger partial charge in [0, 0.05) is 23.2 Å². The van der Waals surface area contributed by atoms with Crippen molar-refractivity contribution in [2.75, 3.05) is 0 Å². The second-order valence-corrected chi connectivity index (χ2v) is 5.52. The van der Waals surface area contributed by atoms with Gasteiger partial charge in [-0.15, -0.1) is 11.3 Å². The van der Waals surface area contributed by atoms with Crippen molar-refractivity contribution in [1.82, 2.24) is 24.9 Å². The fourth-order valence-electron chi connectivity index (χ4n) is 2.29. The zero-order valence-electron chi connectivity index (χ0n) is 10.9. The van der Waals surface area contributed by atoms with E-state index in [9.17, 15) is 4.79 Å². The van der Waals surface area contributed by atoms with Crippen LogP contribution in [0.3, 0.4) is 0 Å². The summed E-state index contributed by atoms with van der Waals surface area (Å²) in [6.07, 6.45) is 5.57. The predicted molar refractivity (Wildman–Crippen MR) is 80.3 cm³/mol. The van der Waals surface area contributed by atoms with Gasteiger partial charge in [-0.2, -0.15) is 5.10 Å². The molecule has 0 fully saturated rings. The van der Waals surface area contributed by atoms with E-state index < -0.39 is 0 Å². The molecule has 3 aromatic heterocycles. The zero-order chi connectivity index (χ0) is 14.2. The standard InChI is InChI=1S/C14H11N5OS/c20-13(11-3-1-2-9-6-16-18-12(9)11)15-7-10-8-19-4-5-21-14(19)17-10/h1-6,8H,7H2,(H,15,20)(H,16,18). The van der Waals surface area contributed by atoms with Crippen LogP contribution in [-0.4, -0.2) is 25.5 Å². The topological polar surface area (TPSA) is 75.1 Å². The maximum absolute atomic E-state index is 12.3. The number of H-pyrrole nitrogens is 1. The summed E-state index contributed by atoms with van der Waals surface area (Å²) in [6.45, 7) is 0.401. The van der Waals surface area contributed by atoms with E-state index in [0.717, 1.165) is 21.6 Å². The number of hydrogen-bond donors (Lipinski definition) is 2. The molecule has 6 nitrogen and oxygen atoms in total. The molecule has 21 heavy (non-hydrogen) atoms. The quantitative estimate of drug-likeness (QED) is 0.609. The minimum atomic E-state index is -0.138. The maximum atomic E-state index is 12.3. The highest BCUT2D eigenvalue weighted by molar-refractivity contribution is 7.15. The van der Waals surface area contributed by atoms with Crippen LogP contribution in [0.2, 0.25) is 0 Å². The monoisotopic (exact) mass is 297 g/mol. The highest BCUT2D eigenvalue weighted by Gasteiger charge is 2.11. The Morgan fingerprint density at radius 2 is 2.38 bits per heavy atom. The molecule has 0 atom stereocenters. The second-order valence-electron chi connectivity index (χ2n) is 4.65. The number of rotatable bonds is 3. The Hall–Kier alpha value is -2.67. The molecule has 1 amide bonds. The highest BCUT2D eigenvalue weighted by Crippen LogP contribution is 2.16. The normalized spacial score (nSPS) is 11.2. The third kappa shape index (κ3) is 2.07. The molecule has 0 aliphatic heterocycles. The number of benzene rings is 1. The Labute approximate surface area is 123 Å². The summed E-state index contributed by atoms with van der Waals surface area (Å²) < 4.78 is 1.95. The summed E-state index contributed by atoms with van der Waals surface area (Å²) in [5.41, 5.74) is 2.18. The van der Waals surface area contributed by atoms with Crippen LogP contribution in [-0.2, 0) is 6.54 Å². The molecule has 0 radical (unpaired) electrons. The van der Waals surface area contributed by atoms with Crippen LogP contribution in [0.4, 0.5) is 0 Å². The Bertz CT molecular complexity index is 906. The molecule has 2 N–H and O–H groups in total. The van der Waals surface area contributed by atoms with Crippen molar-refractivity contribution in [3.8, 4) is 0 Å². The van der Waals surface area contributed by atoms with Crippen LogP contribution in [0.15, 0.2) is 42.2 Å². The van der Waals surface area contributed by atoms with Gasteiger partial charge in [0.25, 0.3) is 5.91 Å². The zero-order valence-corrected chi connectivity index (χ0v) is 11.7. The van der Waals surface area contributed by atoms with Gasteiger partial charge >= 0.3 is 0 Å². The van der Waals surface area contributed by atoms with E-state index in [4.69, 9.17) is 0 Å². The highest BCUT2D eigenvalue weighted by atomic mass is 32.1. The Morgan fingerprint density at radius 3 is 3.29 bits per heavy atom. The number of carbonyl (C=O) groups is 1. The smallest absolute Gasteiger partial charge is 0.253 e. The van der Waals surface area contributed by atoms with Crippen molar-refractivity contribution in [1.29, 1.82) is 0 Å². The second kappa shape index (κ2) is 4.71. The summed E-state index contributed by atoms with van der Waals surface area (Å²) in [5.74, 6) is -0.138. The molecule has 0 aliphatic carbocycles. The number of nitrogens with zero attached hydrogens (tertiary/aromatic N) is 3. The molecular formula is C14H11N5OS. The van der Waals surface area contributed by atoms with E-state index in [-0.39, 0.29) is 5.91 Å². The number of imidazole rings is 1. The lowest BCUT2D eigenvalue weighted by Crippen LogP contribution is -2.23. The molecule has 0 bridgehead atoms. The van der Waals surface area contributed by atoms with Crippen LogP contribution in [0.5, 0.6) is 0 Å². The number of carbonyl (C=O) groups excluding carboxylic acids is 1. The fourth-order valence-corrected chi connectivity index (χ4v) is 3.00. The van der Waals surface area contributed by atoms with Crippen LogP contribution >= 0.6 is 11.3 Å². The third-order valence-electron chi connectivity index (χ3n) is 3.29. The first-order valence-corrected chi connectivity index (χ1v) is 7.30. The summed E-state index contributed by atoms with van der Waals surface area (Å²) in [6, 6.07) is 5.54. The van der Waals surface area contributed by atoms with Gasteiger partial charge in [-0.3, -0.25) is 14.3 Å². The number of para-hydroxylation sites is 1. The minimum Gasteiger partial charge on any atom is -0.346 e. The summed E-state index contributed by atoms with van der Waals surface area (Å²) >= 11 is 1.57. The van der Waals surface area contributed by atoms with Crippen molar-refractivity contribution in [3.05, 3.63) is 53.4 Å². The number of amides is 1. The van der Waals surface area contributed by atoms with E-state index in [1.54, 1.807) is 23.6 Å². The van der Waals surface area contributed by atoms with E-state index in [2.05, 4.69) is 20.5 Å². The first-order chi connectivity index (χ1) is 10.3. The number of nitrogens with one attached hydrogen (secondary N) is 2. The predicted octanol–water partition coefficient (Wildman–Crippen LogP) is 2.20. The van der Waals surface area contributed by atoms with Crippen LogP contribution < -0.4 is 5.32 Å². The molecular weight excluding hydrogens is 286 g/mol. The van der Waals surface area contributed by atoms with Gasteiger partial charge in [-0.25, -0.2) is 4.98 Å². The Balaban J connectivity index is 1.55. The number of aromatic nitrogens is 4. The lowest BCUT2D eigenvalue weighted by molar-refractivity contribution is 0.0952. The molecule has 4 aromatic rings. The SMILES string of the molecule is O=C(NCc1cn2ccsc2n1)c1cccc2cn[nH]c12. The molecule has 3 heterocycles. The van der Waals surface area contributed by atoms with Crippen molar-refractivity contribution in [2.24, 2.45) is 0 Å². The molecule has 0 aliphatic rings. The van der Waals surface area contributed by atoms with Gasteiger partial charge < -0.3 is 5.32 Å². The minimum absolute atomic E-state index is 0.138. The van der Waals surface area contributed by atoms with Gasteiger partial charge in [0.05, 0.1) is 29.5 Å². The van der Waals surface area contributed by atoms with E-state index in [0.29, 0.717) is 12.1 Å². The first-order valence-electron chi connectivity index (χ1n) is 6.42. The van der Waals surface area contributed by atoms with Gasteiger partial charge in [0.2, 0.25) is 0 Å². The summed E-state index contributed by atoms with van der Waals surface area (Å²) in [4.78, 5) is 17.7. The molecule has 0 saturated heterocycles. The molecule has 0 saturated carbocycles. The summed E-state index contributed by atoms with van der Waals surface area (Å²) in [5, 5.41) is 12.6. The van der Waals surface area contributed by atoms with E-state index in [1.807, 2.05) is 34.3 Å². The van der Waals surface area contributed by atoms with Crippen LogP contribution in [0.25, 0.3) is 15.9 Å². The van der Waals surface area contributed by atoms with Crippen LogP contribution in [0.1, 0.15) is 16.1 Å². The van der Waals surface area contributed by atoms with Gasteiger partial charge in [0.15, 0.2) is 4.96 Å². The lowest BCUT2D eigenvalue weighted by Gasteiger charge is -2.04. The molecule has 1 aromatic carbocycles. The van der Waals surface area contributed by atoms with Crippen molar-refractivity contribution in [3.63, 3.8) is 0 Å². The largest absolute Gasteiger partial charge is 0.346 e. The average Bonchev–Trinajstić information content (AvgIpc) is 3.18. The maximum Gasteiger partial charge on any atom is 0.253 e. The molecule has 0 unspecified atom stereocenters. The Morgan fingerprint density at radius 1 is 1.43 bits per heavy atom. The van der Waals surface area contributed by atoms with Crippen molar-refractivity contribution in [2.45, 2.75) is 6.54 Å². The van der Waals surface area contributed by atoms with E-state index >= 15 is 0 Å². The van der Waals surface area contributed by atoms with Gasteiger partial charge in [-0.1, -0.05) is 12.1 Å². The number of aromatic amines is 1. The molecule has 7 heteroatoms. The lowest BCUT2D eigenvalue weighted by atomic mass is 10.1. The number of hydrogen-bond acceptors (Lipinski definition) is 4.